The molecule has 0 radical (unpaired) electrons. The van der Waals surface area contributed by atoms with E-state index in [2.05, 4.69) is 9.97 Å². The molecule has 0 aliphatic carbocycles. The normalized spacial score (nSPS) is 10.3. The van der Waals surface area contributed by atoms with E-state index in [1.54, 1.807) is 0 Å². The molecule has 0 N–H and O–H groups in total. The van der Waals surface area contributed by atoms with Crippen molar-refractivity contribution in [1.29, 1.82) is 0 Å². The Balaban J connectivity index is 2.45. The predicted molar refractivity (Wildman–Crippen MR) is 74.8 cm³/mol. The summed E-state index contributed by atoms with van der Waals surface area (Å²) < 4.78 is 5.41. The molecule has 0 spiro atoms. The Morgan fingerprint density at radius 3 is 2.70 bits per heavy atom. The summed E-state index contributed by atoms with van der Waals surface area (Å²) in [5, 5.41) is 11.3. The maximum atomic E-state index is 11.0. The smallest absolute Gasteiger partial charge is 0.313 e. The molecule has 2 rings (SSSR count). The van der Waals surface area contributed by atoms with Crippen LogP contribution in [-0.2, 0) is 5.88 Å². The Kier molecular flexibility index (Phi) is 4.59. The van der Waals surface area contributed by atoms with Gasteiger partial charge in [0.15, 0.2) is 0 Å². The second-order valence-corrected chi connectivity index (χ2v) is 4.61. The molecule has 1 heterocycles. The molecule has 1 aromatic carbocycles. The van der Waals surface area contributed by atoms with E-state index in [-0.39, 0.29) is 33.4 Å². The minimum absolute atomic E-state index is 0.0103. The number of halogens is 3. The van der Waals surface area contributed by atoms with Gasteiger partial charge in [-0.2, -0.15) is 0 Å². The van der Waals surface area contributed by atoms with Crippen molar-refractivity contribution in [3.8, 4) is 11.6 Å². The molecule has 0 saturated carbocycles. The standard InChI is InChI=1S/C11H6Cl3N3O3/c12-4-7-10(14)15-5-16-11(7)20-9-2-1-6(13)3-8(9)17(18)19/h1-3,5H,4H2. The molecule has 6 nitrogen and oxygen atoms in total. The summed E-state index contributed by atoms with van der Waals surface area (Å²) in [7, 11) is 0. The first kappa shape index (κ1) is 14.8. The zero-order valence-electron chi connectivity index (χ0n) is 9.72. The number of hydrogen-bond donors (Lipinski definition) is 0. The van der Waals surface area contributed by atoms with Gasteiger partial charge >= 0.3 is 5.69 Å². The maximum Gasteiger partial charge on any atom is 0.313 e. The van der Waals surface area contributed by atoms with Gasteiger partial charge in [-0.15, -0.1) is 11.6 Å². The van der Waals surface area contributed by atoms with Crippen molar-refractivity contribution < 1.29 is 9.66 Å². The quantitative estimate of drug-likeness (QED) is 0.362. The third-order valence-corrected chi connectivity index (χ3v) is 3.14. The highest BCUT2D eigenvalue weighted by Crippen LogP contribution is 2.35. The topological polar surface area (TPSA) is 78.2 Å². The molecule has 0 amide bonds. The summed E-state index contributed by atoms with van der Waals surface area (Å²) in [6.07, 6.45) is 1.18. The van der Waals surface area contributed by atoms with Gasteiger partial charge in [0.2, 0.25) is 11.6 Å². The average molecular weight is 335 g/mol. The van der Waals surface area contributed by atoms with Crippen LogP contribution in [0, 0.1) is 10.1 Å². The van der Waals surface area contributed by atoms with Gasteiger partial charge < -0.3 is 4.74 Å². The highest BCUT2D eigenvalue weighted by molar-refractivity contribution is 6.31. The summed E-state index contributed by atoms with van der Waals surface area (Å²) in [6.45, 7) is 0. The van der Waals surface area contributed by atoms with Crippen LogP contribution >= 0.6 is 34.8 Å². The first-order chi connectivity index (χ1) is 9.52. The fourth-order valence-electron chi connectivity index (χ4n) is 1.40. The Morgan fingerprint density at radius 1 is 1.30 bits per heavy atom. The first-order valence-electron chi connectivity index (χ1n) is 5.20. The molecule has 0 saturated heterocycles. The third kappa shape index (κ3) is 3.09. The summed E-state index contributed by atoms with van der Waals surface area (Å²) in [5.74, 6) is 0.0575. The van der Waals surface area contributed by atoms with E-state index in [0.29, 0.717) is 5.56 Å². The van der Waals surface area contributed by atoms with Gasteiger partial charge in [-0.3, -0.25) is 10.1 Å². The highest BCUT2D eigenvalue weighted by Gasteiger charge is 2.19. The van der Waals surface area contributed by atoms with Crippen LogP contribution in [0.4, 0.5) is 5.69 Å². The SMILES string of the molecule is O=[N+]([O-])c1cc(Cl)ccc1Oc1ncnc(Cl)c1CCl. The van der Waals surface area contributed by atoms with E-state index in [4.69, 9.17) is 39.5 Å². The van der Waals surface area contributed by atoms with E-state index >= 15 is 0 Å². The third-order valence-electron chi connectivity index (χ3n) is 2.31. The molecule has 9 heteroatoms. The van der Waals surface area contributed by atoms with Crippen LogP contribution in [-0.4, -0.2) is 14.9 Å². The second-order valence-electron chi connectivity index (χ2n) is 3.55. The second kappa shape index (κ2) is 6.21. The van der Waals surface area contributed by atoms with Crippen LogP contribution in [0.1, 0.15) is 5.56 Å². The Hall–Kier alpha value is -1.63. The minimum atomic E-state index is -0.607. The molecule has 0 aliphatic rings. The number of nitro benzene ring substituents is 1. The van der Waals surface area contributed by atoms with Crippen molar-refractivity contribution in [3.05, 3.63) is 50.4 Å². The van der Waals surface area contributed by atoms with E-state index in [9.17, 15) is 10.1 Å². The van der Waals surface area contributed by atoms with E-state index in [1.807, 2.05) is 0 Å². The molecule has 1 aromatic heterocycles. The lowest BCUT2D eigenvalue weighted by Gasteiger charge is -2.09. The maximum absolute atomic E-state index is 11.0. The van der Waals surface area contributed by atoms with Crippen molar-refractivity contribution >= 4 is 40.5 Å². The lowest BCUT2D eigenvalue weighted by Crippen LogP contribution is -1.98. The van der Waals surface area contributed by atoms with E-state index < -0.39 is 4.92 Å². The van der Waals surface area contributed by atoms with Crippen LogP contribution in [0.2, 0.25) is 10.2 Å². The van der Waals surface area contributed by atoms with Crippen LogP contribution in [0.15, 0.2) is 24.5 Å². The number of nitro groups is 1. The van der Waals surface area contributed by atoms with Gasteiger partial charge in [-0.1, -0.05) is 23.2 Å². The van der Waals surface area contributed by atoms with Gasteiger partial charge in [0, 0.05) is 11.1 Å². The largest absolute Gasteiger partial charge is 0.431 e. The highest BCUT2D eigenvalue weighted by atomic mass is 35.5. The average Bonchev–Trinajstić information content (AvgIpc) is 2.41. The number of aromatic nitrogens is 2. The van der Waals surface area contributed by atoms with E-state index in [0.717, 1.165) is 0 Å². The van der Waals surface area contributed by atoms with Gasteiger partial charge in [0.1, 0.15) is 11.5 Å². The molecular weight excluding hydrogens is 328 g/mol. The van der Waals surface area contributed by atoms with Crippen molar-refractivity contribution in [2.75, 3.05) is 0 Å². The van der Waals surface area contributed by atoms with Crippen molar-refractivity contribution in [2.24, 2.45) is 0 Å². The summed E-state index contributed by atoms with van der Waals surface area (Å²) in [4.78, 5) is 18.0. The number of ether oxygens (including phenoxy) is 1. The molecule has 0 aliphatic heterocycles. The minimum Gasteiger partial charge on any atom is -0.431 e. The summed E-state index contributed by atoms with van der Waals surface area (Å²) >= 11 is 17.3. The first-order valence-corrected chi connectivity index (χ1v) is 6.49. The summed E-state index contributed by atoms with van der Waals surface area (Å²) in [5.41, 5.74) is 0.0628. The Morgan fingerprint density at radius 2 is 2.05 bits per heavy atom. The summed E-state index contributed by atoms with van der Waals surface area (Å²) in [6, 6.07) is 4.02. The molecular formula is C11H6Cl3N3O3. The predicted octanol–water partition coefficient (Wildman–Crippen LogP) is 4.22. The fourth-order valence-corrected chi connectivity index (χ4v) is 2.07. The number of hydrogen-bond acceptors (Lipinski definition) is 5. The zero-order valence-corrected chi connectivity index (χ0v) is 12.0. The zero-order chi connectivity index (χ0) is 14.7. The Labute approximate surface area is 128 Å². The number of alkyl halides is 1. The number of benzene rings is 1. The van der Waals surface area contributed by atoms with E-state index in [1.165, 1.54) is 24.5 Å². The van der Waals surface area contributed by atoms with Crippen molar-refractivity contribution in [1.82, 2.24) is 9.97 Å². The molecule has 2 aromatic rings. The lowest BCUT2D eigenvalue weighted by molar-refractivity contribution is -0.385. The van der Waals surface area contributed by atoms with Crippen LogP contribution in [0.5, 0.6) is 11.6 Å². The van der Waals surface area contributed by atoms with Crippen LogP contribution < -0.4 is 4.74 Å². The molecule has 104 valence electrons. The lowest BCUT2D eigenvalue weighted by atomic mass is 10.3. The van der Waals surface area contributed by atoms with Gasteiger partial charge in [-0.25, -0.2) is 9.97 Å². The molecule has 0 unspecified atom stereocenters. The fraction of sp³-hybridized carbons (Fsp3) is 0.0909. The molecule has 0 bridgehead atoms. The monoisotopic (exact) mass is 333 g/mol. The van der Waals surface area contributed by atoms with Gasteiger partial charge in [-0.05, 0) is 12.1 Å². The molecule has 20 heavy (non-hydrogen) atoms. The van der Waals surface area contributed by atoms with Gasteiger partial charge in [0.05, 0.1) is 16.4 Å². The Bertz CT molecular complexity index is 667. The molecule has 0 atom stereocenters. The number of nitrogens with zero attached hydrogens (tertiary/aromatic N) is 3. The van der Waals surface area contributed by atoms with Crippen molar-refractivity contribution in [2.45, 2.75) is 5.88 Å². The molecule has 0 fully saturated rings. The van der Waals surface area contributed by atoms with Crippen LogP contribution in [0.3, 0.4) is 0 Å². The van der Waals surface area contributed by atoms with Gasteiger partial charge in [0.25, 0.3) is 0 Å². The van der Waals surface area contributed by atoms with Crippen LogP contribution in [0.25, 0.3) is 0 Å². The number of rotatable bonds is 4. The van der Waals surface area contributed by atoms with Crippen molar-refractivity contribution in [3.63, 3.8) is 0 Å².